The van der Waals surface area contributed by atoms with Crippen LogP contribution in [-0.2, 0) is 44.9 Å². The lowest BCUT2D eigenvalue weighted by molar-refractivity contribution is -0.175. The fourth-order valence-corrected chi connectivity index (χ4v) is 10.3. The fraction of sp³-hybridized carbons (Fsp3) is 0.568. The van der Waals surface area contributed by atoms with Gasteiger partial charge in [-0.3, -0.25) is 4.90 Å². The first kappa shape index (κ1) is 43.9. The van der Waals surface area contributed by atoms with Gasteiger partial charge in [-0.2, -0.15) is 0 Å². The summed E-state index contributed by atoms with van der Waals surface area (Å²) in [7, 11) is -1.14. The second-order valence-corrected chi connectivity index (χ2v) is 21.9. The minimum absolute atomic E-state index is 0.0569. The number of amides is 1. The monoisotopic (exact) mass is 1010 g/mol. The molecule has 3 aromatic rings. The number of halogens is 2. The highest BCUT2D eigenvalue weighted by atomic mass is 127. The van der Waals surface area contributed by atoms with E-state index >= 15 is 0 Å². The smallest absolute Gasteiger partial charge is 0.410 e. The maximum atomic E-state index is 13.4. The molecule has 0 radical (unpaired) electrons. The van der Waals surface area contributed by atoms with E-state index in [0.717, 1.165) is 62.5 Å². The molecule has 4 fully saturated rings. The molecule has 1 amide bonds. The van der Waals surface area contributed by atoms with Gasteiger partial charge >= 0.3 is 6.09 Å². The normalized spacial score (nSPS) is 27.0. The van der Waals surface area contributed by atoms with Crippen LogP contribution in [0.3, 0.4) is 0 Å². The molecule has 7 rings (SSSR count). The van der Waals surface area contributed by atoms with Crippen molar-refractivity contribution in [1.82, 2.24) is 9.21 Å². The summed E-state index contributed by atoms with van der Waals surface area (Å²) in [6.07, 6.45) is 5.96. The number of hydrogen-bond donors (Lipinski definition) is 2. The van der Waals surface area contributed by atoms with Crippen molar-refractivity contribution in [2.24, 2.45) is 11.8 Å². The summed E-state index contributed by atoms with van der Waals surface area (Å²) in [5, 5.41) is 20.5. The first-order valence-corrected chi connectivity index (χ1v) is 23.7. The molecule has 2 saturated heterocycles. The van der Waals surface area contributed by atoms with E-state index in [1.807, 2.05) is 105 Å². The van der Waals surface area contributed by atoms with Crippen LogP contribution in [0.5, 0.6) is 0 Å². The Morgan fingerprint density at radius 1 is 0.696 bits per heavy atom. The molecule has 4 unspecified atom stereocenters. The highest BCUT2D eigenvalue weighted by Crippen LogP contribution is 2.44. The molecule has 3 aromatic carbocycles. The van der Waals surface area contributed by atoms with Crippen LogP contribution < -0.4 is 0 Å². The van der Waals surface area contributed by atoms with Crippen molar-refractivity contribution >= 4 is 62.3 Å². The van der Waals surface area contributed by atoms with Gasteiger partial charge in [-0.1, -0.05) is 136 Å². The molecule has 4 aliphatic rings. The number of ether oxygens (including phenoxy) is 3. The van der Waals surface area contributed by atoms with Gasteiger partial charge in [-0.05, 0) is 101 Å². The van der Waals surface area contributed by atoms with Crippen molar-refractivity contribution < 1.29 is 33.4 Å². The standard InChI is InChI=1S/C24H28INO4.C20H30INO3S/c25-20-13-14-21(30-23(20)27)22(19-11-12-19)26(15-17-7-3-1-4-8-17)24(28)29-16-18-9-5-2-6-10-18;1-20(2,3)26(24)22(13-14-7-5-4-6-8-14)18(15-9-10-15)17-12-11-16(21)19(23)25-17/h1-10,19-23,27H,11-16H2;4-8,15-19,23H,9-13H2,1-3H3/t20?,21-,22-,23?;16?,17-,18-,19?,26-/m00/s1. The van der Waals surface area contributed by atoms with Crippen molar-refractivity contribution in [3.8, 4) is 0 Å². The molecule has 306 valence electrons. The molecule has 9 nitrogen and oxygen atoms in total. The van der Waals surface area contributed by atoms with Gasteiger partial charge in [0.1, 0.15) is 17.6 Å². The molecule has 56 heavy (non-hydrogen) atoms. The van der Waals surface area contributed by atoms with Crippen molar-refractivity contribution in [3.63, 3.8) is 0 Å². The van der Waals surface area contributed by atoms with Crippen LogP contribution >= 0.6 is 45.2 Å². The molecule has 0 aromatic heterocycles. The zero-order valence-electron chi connectivity index (χ0n) is 32.7. The second kappa shape index (κ2) is 20.5. The van der Waals surface area contributed by atoms with Crippen LogP contribution in [0.15, 0.2) is 91.0 Å². The second-order valence-electron chi connectivity index (χ2n) is 16.5. The summed E-state index contributed by atoms with van der Waals surface area (Å²) in [6, 6.07) is 30.0. The Morgan fingerprint density at radius 2 is 1.12 bits per heavy atom. The van der Waals surface area contributed by atoms with Gasteiger partial charge in [0.25, 0.3) is 0 Å². The number of alkyl halides is 2. The summed E-state index contributed by atoms with van der Waals surface area (Å²) in [5.74, 6) is 0.897. The van der Waals surface area contributed by atoms with Gasteiger partial charge in [0.15, 0.2) is 12.6 Å². The summed E-state index contributed by atoms with van der Waals surface area (Å²) in [5.41, 5.74) is 3.19. The van der Waals surface area contributed by atoms with E-state index in [1.165, 1.54) is 5.56 Å². The Hall–Kier alpha value is -1.66. The summed E-state index contributed by atoms with van der Waals surface area (Å²) >= 11 is 4.50. The SMILES string of the molecule is CC(C)(C)[S@](=O)N(Cc1ccccc1)[C@@H](C1CC1)[C@@H]1CCC(I)C(O)O1.O=C(OCc1ccccc1)N(Cc1ccccc1)[C@@H](C1CC1)[C@@H]1CCC(I)C(O)O1. The minimum Gasteiger partial charge on any atom is -0.445 e. The first-order chi connectivity index (χ1) is 26.9. The van der Waals surface area contributed by atoms with E-state index in [4.69, 9.17) is 14.2 Å². The van der Waals surface area contributed by atoms with E-state index in [2.05, 4.69) is 61.6 Å². The third-order valence-electron chi connectivity index (χ3n) is 10.9. The first-order valence-electron chi connectivity index (χ1n) is 20.1. The molecule has 12 heteroatoms. The molecule has 0 spiro atoms. The molecule has 9 atom stereocenters. The number of aliphatic hydroxyl groups is 2. The summed E-state index contributed by atoms with van der Waals surface area (Å²) in [6.45, 7) is 7.45. The van der Waals surface area contributed by atoms with Crippen LogP contribution in [0.2, 0.25) is 0 Å². The van der Waals surface area contributed by atoms with Crippen molar-refractivity contribution in [3.05, 3.63) is 108 Å². The number of carbonyl (C=O) groups is 1. The van der Waals surface area contributed by atoms with E-state index in [0.29, 0.717) is 24.9 Å². The number of aliphatic hydroxyl groups excluding tert-OH is 2. The third-order valence-corrected chi connectivity index (χ3v) is 15.2. The largest absolute Gasteiger partial charge is 0.445 e. The fourth-order valence-electron chi connectivity index (χ4n) is 7.72. The predicted molar refractivity (Wildman–Crippen MR) is 237 cm³/mol. The molecule has 2 N–H and O–H groups in total. The number of benzene rings is 3. The highest BCUT2D eigenvalue weighted by molar-refractivity contribution is 14.1. The Labute approximate surface area is 363 Å². The van der Waals surface area contributed by atoms with Crippen molar-refractivity contribution in [2.45, 2.75) is 141 Å². The average molecular weight is 1010 g/mol. The van der Waals surface area contributed by atoms with Crippen molar-refractivity contribution in [2.75, 3.05) is 0 Å². The van der Waals surface area contributed by atoms with E-state index in [1.54, 1.807) is 0 Å². The van der Waals surface area contributed by atoms with Gasteiger partial charge in [0.05, 0.1) is 36.9 Å². The van der Waals surface area contributed by atoms with E-state index in [-0.39, 0.29) is 49.6 Å². The lowest BCUT2D eigenvalue weighted by atomic mass is 9.96. The molecule has 2 aliphatic carbocycles. The van der Waals surface area contributed by atoms with Crippen LogP contribution in [0.25, 0.3) is 0 Å². The highest BCUT2D eigenvalue weighted by Gasteiger charge is 2.48. The van der Waals surface area contributed by atoms with Gasteiger partial charge in [0, 0.05) is 13.1 Å². The van der Waals surface area contributed by atoms with Crippen LogP contribution in [-0.4, -0.2) is 79.2 Å². The van der Waals surface area contributed by atoms with E-state index in [9.17, 15) is 19.2 Å². The Balaban J connectivity index is 0.000000192. The minimum atomic E-state index is -1.14. The number of carbonyl (C=O) groups excluding carboxylic acids is 1. The number of hydrogen-bond acceptors (Lipinski definition) is 7. The third kappa shape index (κ3) is 12.4. The maximum absolute atomic E-state index is 13.4. The lowest BCUT2D eigenvalue weighted by Crippen LogP contribution is -2.53. The van der Waals surface area contributed by atoms with Gasteiger partial charge in [0.2, 0.25) is 0 Å². The molecule has 2 aliphatic heterocycles. The predicted octanol–water partition coefficient (Wildman–Crippen LogP) is 8.94. The lowest BCUT2D eigenvalue weighted by Gasteiger charge is -2.42. The molecule has 0 bridgehead atoms. The molecule has 2 heterocycles. The van der Waals surface area contributed by atoms with E-state index < -0.39 is 23.6 Å². The van der Waals surface area contributed by atoms with Crippen molar-refractivity contribution in [1.29, 1.82) is 0 Å². The molecular weight excluding hydrogens is 954 g/mol. The quantitative estimate of drug-likeness (QED) is 0.130. The van der Waals surface area contributed by atoms with Crippen LogP contribution in [0.1, 0.15) is 88.8 Å². The Morgan fingerprint density at radius 3 is 1.57 bits per heavy atom. The summed E-state index contributed by atoms with van der Waals surface area (Å²) in [4.78, 5) is 15.1. The maximum Gasteiger partial charge on any atom is 0.410 e. The van der Waals surface area contributed by atoms with Gasteiger partial charge in [-0.15, -0.1) is 0 Å². The van der Waals surface area contributed by atoms with Gasteiger partial charge in [-0.25, -0.2) is 13.3 Å². The Bertz CT molecular complexity index is 1680. The topological polar surface area (TPSA) is 109 Å². The summed E-state index contributed by atoms with van der Waals surface area (Å²) < 4.78 is 33.2. The van der Waals surface area contributed by atoms with Gasteiger partial charge < -0.3 is 24.4 Å². The average Bonchev–Trinajstić information content (AvgIpc) is 4.14. The zero-order chi connectivity index (χ0) is 39.8. The van der Waals surface area contributed by atoms with Crippen LogP contribution in [0, 0.1) is 11.8 Å². The number of rotatable bonds is 13. The molecule has 2 saturated carbocycles. The molecular formula is C44H58I2N2O7S. The number of nitrogens with zero attached hydrogens (tertiary/aromatic N) is 2. The van der Waals surface area contributed by atoms with Crippen LogP contribution in [0.4, 0.5) is 4.79 Å². The Kier molecular flexibility index (Phi) is 16.1. The zero-order valence-corrected chi connectivity index (χ0v) is 37.8.